The van der Waals surface area contributed by atoms with Gasteiger partial charge in [-0.1, -0.05) is 38.1 Å². The molecule has 20 heavy (non-hydrogen) atoms. The second-order valence-corrected chi connectivity index (χ2v) is 7.67. The molecule has 0 heterocycles. The summed E-state index contributed by atoms with van der Waals surface area (Å²) in [6, 6.07) is 9.68. The van der Waals surface area contributed by atoms with Gasteiger partial charge in [0.25, 0.3) is 0 Å². The van der Waals surface area contributed by atoms with Gasteiger partial charge in [-0.05, 0) is 17.5 Å². The first-order valence-corrected chi connectivity index (χ1v) is 8.51. The number of aliphatic hydroxyl groups excluding tert-OH is 1. The van der Waals surface area contributed by atoms with Crippen molar-refractivity contribution in [1.29, 1.82) is 5.26 Å². The number of hydrogen-bond acceptors (Lipinski definition) is 4. The van der Waals surface area contributed by atoms with E-state index in [1.165, 1.54) is 0 Å². The summed E-state index contributed by atoms with van der Waals surface area (Å²) in [7, 11) is -3.35. The highest BCUT2D eigenvalue weighted by atomic mass is 32.2. The van der Waals surface area contributed by atoms with Crippen LogP contribution in [0.3, 0.4) is 0 Å². The summed E-state index contributed by atoms with van der Waals surface area (Å²) in [5.41, 5.74) is 0.804. The van der Waals surface area contributed by atoms with E-state index in [1.807, 2.05) is 37.3 Å². The highest BCUT2D eigenvalue weighted by molar-refractivity contribution is 7.92. The third-order valence-electron chi connectivity index (χ3n) is 4.26. The van der Waals surface area contributed by atoms with Crippen LogP contribution < -0.4 is 0 Å². The van der Waals surface area contributed by atoms with Gasteiger partial charge in [0.2, 0.25) is 0 Å². The van der Waals surface area contributed by atoms with Gasteiger partial charge in [0, 0.05) is 11.7 Å². The Labute approximate surface area is 120 Å². The van der Waals surface area contributed by atoms with E-state index in [9.17, 15) is 18.8 Å². The number of hydrogen-bond donors (Lipinski definition) is 1. The Kier molecular flexibility index (Phi) is 3.90. The summed E-state index contributed by atoms with van der Waals surface area (Å²) in [6.07, 6.45) is 0.908. The number of nitriles is 1. The van der Waals surface area contributed by atoms with E-state index < -0.39 is 33.0 Å². The third kappa shape index (κ3) is 2.13. The lowest BCUT2D eigenvalue weighted by molar-refractivity contribution is 0.242. The Morgan fingerprint density at radius 3 is 2.30 bits per heavy atom. The molecule has 0 saturated heterocycles. The zero-order valence-corrected chi connectivity index (χ0v) is 12.5. The van der Waals surface area contributed by atoms with Gasteiger partial charge in [0.15, 0.2) is 9.84 Å². The molecule has 1 N–H and O–H groups in total. The van der Waals surface area contributed by atoms with Crippen LogP contribution in [0.5, 0.6) is 0 Å². The van der Waals surface area contributed by atoms with E-state index >= 15 is 0 Å². The molecular formula is C15H19NO3S. The van der Waals surface area contributed by atoms with Crippen molar-refractivity contribution >= 4 is 9.84 Å². The first-order chi connectivity index (χ1) is 9.46. The fraction of sp³-hybridized carbons (Fsp3) is 0.533. The average Bonchev–Trinajstić information content (AvgIpc) is 3.18. The normalized spacial score (nSPS) is 28.9. The highest BCUT2D eigenvalue weighted by Crippen LogP contribution is 2.62. The minimum atomic E-state index is -3.35. The lowest BCUT2D eigenvalue weighted by Gasteiger charge is -2.04. The largest absolute Gasteiger partial charge is 0.395 e. The van der Waals surface area contributed by atoms with Gasteiger partial charge in [-0.3, -0.25) is 0 Å². The summed E-state index contributed by atoms with van der Waals surface area (Å²) < 4.78 is 24.3. The van der Waals surface area contributed by atoms with Crippen LogP contribution in [-0.4, -0.2) is 31.1 Å². The van der Waals surface area contributed by atoms with Gasteiger partial charge in [0.1, 0.15) is 5.41 Å². The molecule has 0 aromatic heterocycles. The Hall–Kier alpha value is -1.38. The van der Waals surface area contributed by atoms with Crippen LogP contribution in [0, 0.1) is 16.7 Å². The summed E-state index contributed by atoms with van der Waals surface area (Å²) >= 11 is 0. The maximum atomic E-state index is 12.1. The van der Waals surface area contributed by atoms with E-state index in [0.717, 1.165) is 17.5 Å². The lowest BCUT2D eigenvalue weighted by Crippen LogP contribution is -2.19. The predicted molar refractivity (Wildman–Crippen MR) is 76.9 cm³/mol. The van der Waals surface area contributed by atoms with Crippen LogP contribution in [0.1, 0.15) is 30.9 Å². The van der Waals surface area contributed by atoms with Crippen LogP contribution in [0.15, 0.2) is 24.3 Å². The number of sulfone groups is 1. The molecule has 3 atom stereocenters. The molecule has 4 nitrogen and oxygen atoms in total. The van der Waals surface area contributed by atoms with E-state index in [2.05, 4.69) is 0 Å². The maximum absolute atomic E-state index is 12.1. The van der Waals surface area contributed by atoms with Crippen LogP contribution in [0.4, 0.5) is 0 Å². The summed E-state index contributed by atoms with van der Waals surface area (Å²) in [5.74, 6) is -0.432. The van der Waals surface area contributed by atoms with Crippen molar-refractivity contribution in [2.75, 3.05) is 12.4 Å². The van der Waals surface area contributed by atoms with Crippen LogP contribution in [0.25, 0.3) is 0 Å². The molecule has 108 valence electrons. The number of nitrogens with zero attached hydrogens (tertiary/aromatic N) is 1. The topological polar surface area (TPSA) is 78.2 Å². The molecule has 0 unspecified atom stereocenters. The monoisotopic (exact) mass is 293 g/mol. The zero-order chi connectivity index (χ0) is 15.0. The van der Waals surface area contributed by atoms with Gasteiger partial charge in [-0.25, -0.2) is 8.42 Å². The molecule has 0 amide bonds. The lowest BCUT2D eigenvalue weighted by atomic mass is 10.00. The van der Waals surface area contributed by atoms with Gasteiger partial charge in [-0.15, -0.1) is 0 Å². The molecule has 1 fully saturated rings. The quantitative estimate of drug-likeness (QED) is 0.895. The summed E-state index contributed by atoms with van der Waals surface area (Å²) in [5, 5.41) is 18.1. The summed E-state index contributed by atoms with van der Waals surface area (Å²) in [6.45, 7) is 3.20. The standard InChI is InChI=1S/C15H19NO3S/c1-3-11-5-7-12(8-6-11)13-14(20(18,19)4-2)15(13,9-16)10-17/h5-8,13-14,17H,3-4,10H2,1-2H3/t13-,14+,15-/m0/s1. The zero-order valence-electron chi connectivity index (χ0n) is 11.7. The molecule has 1 saturated carbocycles. The Morgan fingerprint density at radius 1 is 1.30 bits per heavy atom. The average molecular weight is 293 g/mol. The molecule has 1 aliphatic rings. The van der Waals surface area contributed by atoms with Crippen molar-refractivity contribution < 1.29 is 13.5 Å². The van der Waals surface area contributed by atoms with Crippen molar-refractivity contribution in [2.24, 2.45) is 5.41 Å². The molecule has 1 aromatic rings. The van der Waals surface area contributed by atoms with Crippen molar-refractivity contribution in [1.82, 2.24) is 0 Å². The third-order valence-corrected chi connectivity index (χ3v) is 6.53. The molecule has 2 rings (SSSR count). The molecular weight excluding hydrogens is 274 g/mol. The van der Waals surface area contributed by atoms with Gasteiger partial charge >= 0.3 is 0 Å². The SMILES string of the molecule is CCc1ccc([C@H]2[C@@H](S(=O)(=O)CC)[C@@]2(C#N)CO)cc1. The molecule has 1 aromatic carbocycles. The van der Waals surface area contributed by atoms with E-state index in [1.54, 1.807) is 6.92 Å². The molecule has 5 heteroatoms. The van der Waals surface area contributed by atoms with Gasteiger partial charge in [0.05, 0.1) is 17.9 Å². The fourth-order valence-electron chi connectivity index (χ4n) is 2.90. The molecule has 0 radical (unpaired) electrons. The van der Waals surface area contributed by atoms with Crippen molar-refractivity contribution in [3.63, 3.8) is 0 Å². The van der Waals surface area contributed by atoms with Crippen LogP contribution in [0.2, 0.25) is 0 Å². The number of aliphatic hydroxyl groups is 1. The number of aryl methyl sites for hydroxylation is 1. The van der Waals surface area contributed by atoms with E-state index in [-0.39, 0.29) is 5.75 Å². The van der Waals surface area contributed by atoms with E-state index in [0.29, 0.717) is 0 Å². The van der Waals surface area contributed by atoms with Gasteiger partial charge in [-0.2, -0.15) is 5.26 Å². The van der Waals surface area contributed by atoms with Crippen molar-refractivity contribution in [3.8, 4) is 6.07 Å². The molecule has 0 aliphatic heterocycles. The molecule has 0 spiro atoms. The van der Waals surface area contributed by atoms with Crippen LogP contribution in [-0.2, 0) is 16.3 Å². The van der Waals surface area contributed by atoms with Crippen molar-refractivity contribution in [2.45, 2.75) is 31.4 Å². The van der Waals surface area contributed by atoms with Crippen LogP contribution >= 0.6 is 0 Å². The molecule has 0 bridgehead atoms. The first kappa shape index (κ1) is 15.0. The minimum Gasteiger partial charge on any atom is -0.395 e. The number of benzene rings is 1. The second kappa shape index (κ2) is 5.19. The fourth-order valence-corrected chi connectivity index (χ4v) is 4.91. The smallest absolute Gasteiger partial charge is 0.155 e. The van der Waals surface area contributed by atoms with E-state index in [4.69, 9.17) is 0 Å². The Bertz CT molecular complexity index is 630. The predicted octanol–water partition coefficient (Wildman–Crippen LogP) is 1.65. The molecule has 1 aliphatic carbocycles. The maximum Gasteiger partial charge on any atom is 0.155 e. The Balaban J connectivity index is 2.42. The first-order valence-electron chi connectivity index (χ1n) is 6.79. The Morgan fingerprint density at radius 2 is 1.90 bits per heavy atom. The van der Waals surface area contributed by atoms with Crippen molar-refractivity contribution in [3.05, 3.63) is 35.4 Å². The van der Waals surface area contributed by atoms with Gasteiger partial charge < -0.3 is 5.11 Å². The minimum absolute atomic E-state index is 0.00929. The second-order valence-electron chi connectivity index (χ2n) is 5.26. The highest BCUT2D eigenvalue weighted by Gasteiger charge is 2.71. The number of rotatable bonds is 5. The summed E-state index contributed by atoms with van der Waals surface area (Å²) in [4.78, 5) is 0.